The van der Waals surface area contributed by atoms with Crippen LogP contribution < -0.4 is 4.74 Å². The largest absolute Gasteiger partial charge is 0.488 e. The van der Waals surface area contributed by atoms with Crippen LogP contribution in [-0.2, 0) is 6.61 Å². The van der Waals surface area contributed by atoms with Gasteiger partial charge in [0.15, 0.2) is 0 Å². The Hall–Kier alpha value is -2.63. The molecule has 7 heteroatoms. The highest BCUT2D eigenvalue weighted by Crippen LogP contribution is 2.39. The maximum atomic E-state index is 6.49. The average molecular weight is 371 g/mol. The van der Waals surface area contributed by atoms with E-state index in [0.717, 1.165) is 11.1 Å². The smallest absolute Gasteiger partial charge is 0.255 e. The molecule has 0 radical (unpaired) electrons. The van der Waals surface area contributed by atoms with Crippen molar-refractivity contribution < 1.29 is 4.74 Å². The molecule has 25 heavy (non-hydrogen) atoms. The third-order valence-corrected chi connectivity index (χ3v) is 4.34. The topological polar surface area (TPSA) is 52.3 Å². The van der Waals surface area contributed by atoms with Crippen LogP contribution in [0, 0.1) is 0 Å². The fourth-order valence-electron chi connectivity index (χ4n) is 2.54. The van der Waals surface area contributed by atoms with Gasteiger partial charge in [0.1, 0.15) is 29.0 Å². The minimum Gasteiger partial charge on any atom is -0.488 e. The van der Waals surface area contributed by atoms with Crippen molar-refractivity contribution in [3.8, 4) is 16.9 Å². The predicted molar refractivity (Wildman–Crippen MR) is 97.0 cm³/mol. The molecule has 124 valence electrons. The van der Waals surface area contributed by atoms with E-state index in [1.165, 1.54) is 10.8 Å². The van der Waals surface area contributed by atoms with Crippen LogP contribution in [0.25, 0.3) is 16.9 Å². The first-order valence-electron chi connectivity index (χ1n) is 7.55. The number of ether oxygens (including phenoxy) is 1. The van der Waals surface area contributed by atoms with Crippen LogP contribution in [0.4, 0.5) is 0 Å². The summed E-state index contributed by atoms with van der Waals surface area (Å²) < 4.78 is 7.43. The molecule has 0 saturated carbocycles. The molecule has 2 aromatic heterocycles. The minimum atomic E-state index is 0.251. The van der Waals surface area contributed by atoms with Crippen LogP contribution in [-0.4, -0.2) is 19.6 Å². The summed E-state index contributed by atoms with van der Waals surface area (Å²) >= 11 is 12.8. The zero-order valence-electron chi connectivity index (χ0n) is 12.9. The second-order valence-electron chi connectivity index (χ2n) is 5.31. The molecular weight excluding hydrogens is 359 g/mol. The fourth-order valence-corrected chi connectivity index (χ4v) is 3.17. The second kappa shape index (κ2) is 6.70. The summed E-state index contributed by atoms with van der Waals surface area (Å²) in [7, 11) is 0. The van der Waals surface area contributed by atoms with E-state index < -0.39 is 0 Å². The minimum absolute atomic E-state index is 0.251. The van der Waals surface area contributed by atoms with E-state index in [9.17, 15) is 0 Å². The zero-order chi connectivity index (χ0) is 17.2. The van der Waals surface area contributed by atoms with Crippen LogP contribution in [0.5, 0.6) is 5.75 Å². The maximum Gasteiger partial charge on any atom is 0.255 e. The van der Waals surface area contributed by atoms with E-state index >= 15 is 0 Å². The van der Waals surface area contributed by atoms with Crippen molar-refractivity contribution in [3.05, 3.63) is 76.8 Å². The number of rotatable bonds is 4. The van der Waals surface area contributed by atoms with Crippen molar-refractivity contribution in [1.82, 2.24) is 19.6 Å². The van der Waals surface area contributed by atoms with Crippen LogP contribution in [0.1, 0.15) is 5.56 Å². The van der Waals surface area contributed by atoms with Gasteiger partial charge in [0.25, 0.3) is 5.78 Å². The SMILES string of the molecule is Clc1nc2ncnn2c(Cl)c1-c1ccccc1OCc1ccccc1. The Morgan fingerprint density at radius 1 is 0.960 bits per heavy atom. The maximum absolute atomic E-state index is 6.49. The summed E-state index contributed by atoms with van der Waals surface area (Å²) in [6.45, 7) is 0.437. The van der Waals surface area contributed by atoms with Gasteiger partial charge in [-0.25, -0.2) is 0 Å². The third-order valence-electron chi connectivity index (χ3n) is 3.72. The van der Waals surface area contributed by atoms with E-state index in [1.54, 1.807) is 0 Å². The van der Waals surface area contributed by atoms with Crippen LogP contribution in [0.15, 0.2) is 60.9 Å². The van der Waals surface area contributed by atoms with Crippen molar-refractivity contribution in [1.29, 1.82) is 0 Å². The molecule has 0 N–H and O–H groups in total. The molecule has 2 heterocycles. The second-order valence-corrected chi connectivity index (χ2v) is 6.03. The molecule has 0 spiro atoms. The number of para-hydroxylation sites is 1. The molecule has 0 fully saturated rings. The zero-order valence-corrected chi connectivity index (χ0v) is 14.4. The molecule has 5 nitrogen and oxygen atoms in total. The van der Waals surface area contributed by atoms with E-state index in [4.69, 9.17) is 27.9 Å². The predicted octanol–water partition coefficient (Wildman–Crippen LogP) is 4.68. The van der Waals surface area contributed by atoms with Crippen LogP contribution in [0.2, 0.25) is 10.3 Å². The molecule has 0 aliphatic carbocycles. The molecule has 0 amide bonds. The summed E-state index contributed by atoms with van der Waals surface area (Å²) in [5.41, 5.74) is 2.38. The highest BCUT2D eigenvalue weighted by molar-refractivity contribution is 6.38. The van der Waals surface area contributed by atoms with E-state index in [-0.39, 0.29) is 5.15 Å². The van der Waals surface area contributed by atoms with Gasteiger partial charge in [0.2, 0.25) is 0 Å². The van der Waals surface area contributed by atoms with Gasteiger partial charge >= 0.3 is 0 Å². The Bertz CT molecular complexity index is 1030. The Morgan fingerprint density at radius 3 is 2.56 bits per heavy atom. The van der Waals surface area contributed by atoms with E-state index in [1.807, 2.05) is 54.6 Å². The molecule has 0 unspecified atom stereocenters. The van der Waals surface area contributed by atoms with Gasteiger partial charge in [-0.05, 0) is 11.6 Å². The summed E-state index contributed by atoms with van der Waals surface area (Å²) in [4.78, 5) is 8.26. The molecule has 4 aromatic rings. The number of fused-ring (bicyclic) bond motifs is 1. The Morgan fingerprint density at radius 2 is 1.72 bits per heavy atom. The highest BCUT2D eigenvalue weighted by Gasteiger charge is 2.19. The van der Waals surface area contributed by atoms with Gasteiger partial charge in [0.05, 0.1) is 5.56 Å². The third kappa shape index (κ3) is 3.04. The van der Waals surface area contributed by atoms with Crippen LogP contribution >= 0.6 is 23.2 Å². The van der Waals surface area contributed by atoms with Crippen molar-refractivity contribution in [2.24, 2.45) is 0 Å². The first kappa shape index (κ1) is 15.9. The van der Waals surface area contributed by atoms with E-state index in [2.05, 4.69) is 15.1 Å². The Kier molecular flexibility index (Phi) is 4.26. The van der Waals surface area contributed by atoms with Crippen molar-refractivity contribution in [2.45, 2.75) is 6.61 Å². The monoisotopic (exact) mass is 370 g/mol. The quantitative estimate of drug-likeness (QED) is 0.489. The van der Waals surface area contributed by atoms with Gasteiger partial charge in [-0.3, -0.25) is 0 Å². The molecule has 0 saturated heterocycles. The lowest BCUT2D eigenvalue weighted by Gasteiger charge is -2.14. The Labute approximate surface area is 153 Å². The van der Waals surface area contributed by atoms with Gasteiger partial charge in [0, 0.05) is 5.56 Å². The first-order valence-corrected chi connectivity index (χ1v) is 8.30. The Balaban J connectivity index is 1.76. The summed E-state index contributed by atoms with van der Waals surface area (Å²) in [6.07, 6.45) is 1.38. The molecule has 2 aromatic carbocycles. The number of hydrogen-bond acceptors (Lipinski definition) is 4. The molecule has 4 rings (SSSR count). The van der Waals surface area contributed by atoms with Crippen molar-refractivity contribution in [2.75, 3.05) is 0 Å². The average Bonchev–Trinajstić information content (AvgIpc) is 3.10. The molecule has 0 atom stereocenters. The van der Waals surface area contributed by atoms with Crippen LogP contribution in [0.3, 0.4) is 0 Å². The standard InChI is InChI=1S/C18H12Cl2N4O/c19-16-15(17(20)24-18(23-16)21-11-22-24)13-8-4-5-9-14(13)25-10-12-6-2-1-3-7-12/h1-9,11H,10H2. The molecule has 0 bridgehead atoms. The van der Waals surface area contributed by atoms with E-state index in [0.29, 0.717) is 28.9 Å². The lowest BCUT2D eigenvalue weighted by molar-refractivity contribution is 0.307. The number of nitrogens with zero attached hydrogens (tertiary/aromatic N) is 4. The fraction of sp³-hybridized carbons (Fsp3) is 0.0556. The van der Waals surface area contributed by atoms with Gasteiger partial charge in [-0.2, -0.15) is 19.6 Å². The number of benzene rings is 2. The summed E-state index contributed by atoms with van der Waals surface area (Å²) in [5.74, 6) is 1.01. The lowest BCUT2D eigenvalue weighted by atomic mass is 10.1. The van der Waals surface area contributed by atoms with Gasteiger partial charge in [-0.15, -0.1) is 0 Å². The van der Waals surface area contributed by atoms with Gasteiger partial charge in [-0.1, -0.05) is 71.7 Å². The highest BCUT2D eigenvalue weighted by atomic mass is 35.5. The lowest BCUT2D eigenvalue weighted by Crippen LogP contribution is -2.00. The number of halogens is 2. The molecule has 0 aliphatic rings. The summed E-state index contributed by atoms with van der Waals surface area (Å²) in [6, 6.07) is 17.5. The molecular formula is C18H12Cl2N4O. The first-order chi connectivity index (χ1) is 12.2. The molecule has 0 aliphatic heterocycles. The number of aromatic nitrogens is 4. The number of hydrogen-bond donors (Lipinski definition) is 0. The van der Waals surface area contributed by atoms with Crippen molar-refractivity contribution in [3.63, 3.8) is 0 Å². The summed E-state index contributed by atoms with van der Waals surface area (Å²) in [5, 5.41) is 4.67. The van der Waals surface area contributed by atoms with Gasteiger partial charge < -0.3 is 4.74 Å². The normalized spacial score (nSPS) is 11.0. The van der Waals surface area contributed by atoms with Crippen molar-refractivity contribution >= 4 is 29.0 Å².